The SMILES string of the molecule is CCCCCCCCCCC(=O)OCCC(C)(C)CCCCN(CCCCO)CCCCCCCC(=O)OCC(CCCCCCCC)CCCCCCCC. The summed E-state index contributed by atoms with van der Waals surface area (Å²) >= 11 is 0. The van der Waals surface area contributed by atoms with Crippen molar-refractivity contribution < 1.29 is 24.2 Å². The van der Waals surface area contributed by atoms with Gasteiger partial charge in [-0.1, -0.05) is 182 Å². The summed E-state index contributed by atoms with van der Waals surface area (Å²) < 4.78 is 11.4. The third kappa shape index (κ3) is 39.7. The zero-order valence-electron chi connectivity index (χ0n) is 38.6. The molecule has 0 aromatic heterocycles. The van der Waals surface area contributed by atoms with Gasteiger partial charge in [-0.05, 0) is 95.2 Å². The fraction of sp³-hybridized carbons (Fsp3) is 0.960. The highest BCUT2D eigenvalue weighted by atomic mass is 16.5. The monoisotopic (exact) mass is 794 g/mol. The van der Waals surface area contributed by atoms with E-state index in [1.807, 2.05) is 0 Å². The average molecular weight is 794 g/mol. The van der Waals surface area contributed by atoms with Crippen LogP contribution in [-0.2, 0) is 19.1 Å². The molecule has 0 radical (unpaired) electrons. The predicted octanol–water partition coefficient (Wildman–Crippen LogP) is 14.7. The first-order valence-corrected chi connectivity index (χ1v) is 24.9. The van der Waals surface area contributed by atoms with Crippen LogP contribution >= 0.6 is 0 Å². The Morgan fingerprint density at radius 3 is 1.36 bits per heavy atom. The molecule has 0 bridgehead atoms. The van der Waals surface area contributed by atoms with Gasteiger partial charge in [0.15, 0.2) is 0 Å². The molecule has 0 unspecified atom stereocenters. The lowest BCUT2D eigenvalue weighted by Gasteiger charge is -2.26. The Morgan fingerprint density at radius 1 is 0.482 bits per heavy atom. The lowest BCUT2D eigenvalue weighted by molar-refractivity contribution is -0.146. The van der Waals surface area contributed by atoms with Gasteiger partial charge in [-0.2, -0.15) is 0 Å². The summed E-state index contributed by atoms with van der Waals surface area (Å²) in [5.74, 6) is 0.521. The number of nitrogens with zero attached hydrogens (tertiary/aromatic N) is 1. The van der Waals surface area contributed by atoms with Gasteiger partial charge in [0.05, 0.1) is 13.2 Å². The number of carbonyl (C=O) groups is 2. The molecule has 0 aliphatic carbocycles. The van der Waals surface area contributed by atoms with Crippen LogP contribution in [0.5, 0.6) is 0 Å². The maximum Gasteiger partial charge on any atom is 0.305 e. The number of hydrogen-bond acceptors (Lipinski definition) is 6. The highest BCUT2D eigenvalue weighted by Gasteiger charge is 2.19. The summed E-state index contributed by atoms with van der Waals surface area (Å²) in [6.45, 7) is 16.1. The quantitative estimate of drug-likeness (QED) is 0.0489. The van der Waals surface area contributed by atoms with Crippen LogP contribution in [-0.4, -0.2) is 61.4 Å². The van der Waals surface area contributed by atoms with Gasteiger partial charge in [-0.15, -0.1) is 0 Å². The van der Waals surface area contributed by atoms with Crippen molar-refractivity contribution in [1.29, 1.82) is 0 Å². The van der Waals surface area contributed by atoms with Gasteiger partial charge >= 0.3 is 11.9 Å². The molecule has 0 saturated carbocycles. The van der Waals surface area contributed by atoms with Gasteiger partial charge < -0.3 is 19.5 Å². The van der Waals surface area contributed by atoms with Gasteiger partial charge in [-0.3, -0.25) is 9.59 Å². The Kier molecular flexibility index (Phi) is 41.1. The standard InChI is InChI=1S/C50H99NO5/c1-6-9-12-15-18-19-23-28-37-48(53)55-45-40-50(4,5)39-30-32-42-51(43-33-34-44-52)41-31-25-20-24-29-38-49(54)56-46-47(35-26-21-16-13-10-7-2)36-27-22-17-14-11-8-3/h47,52H,6-46H2,1-5H3. The van der Waals surface area contributed by atoms with Crippen molar-refractivity contribution >= 4 is 11.9 Å². The minimum Gasteiger partial charge on any atom is -0.466 e. The lowest BCUT2D eigenvalue weighted by Crippen LogP contribution is -2.28. The van der Waals surface area contributed by atoms with Gasteiger partial charge in [0.25, 0.3) is 0 Å². The number of unbranched alkanes of at least 4 members (excludes halogenated alkanes) is 23. The molecule has 334 valence electrons. The van der Waals surface area contributed by atoms with Crippen molar-refractivity contribution in [3.63, 3.8) is 0 Å². The van der Waals surface area contributed by atoms with Gasteiger partial charge in [-0.25, -0.2) is 0 Å². The zero-order valence-corrected chi connectivity index (χ0v) is 38.6. The topological polar surface area (TPSA) is 76.1 Å². The van der Waals surface area contributed by atoms with Crippen LogP contribution in [0.3, 0.4) is 0 Å². The molecule has 6 heteroatoms. The largest absolute Gasteiger partial charge is 0.466 e. The fourth-order valence-corrected chi connectivity index (χ4v) is 7.92. The summed E-state index contributed by atoms with van der Waals surface area (Å²) in [6.07, 6.45) is 41.3. The number of rotatable bonds is 45. The Hall–Kier alpha value is -1.14. The van der Waals surface area contributed by atoms with Crippen LogP contribution < -0.4 is 0 Å². The van der Waals surface area contributed by atoms with Crippen LogP contribution in [0.15, 0.2) is 0 Å². The first-order chi connectivity index (χ1) is 27.3. The molecular weight excluding hydrogens is 695 g/mol. The molecule has 0 spiro atoms. The molecule has 6 nitrogen and oxygen atoms in total. The highest BCUT2D eigenvalue weighted by Crippen LogP contribution is 2.28. The summed E-state index contributed by atoms with van der Waals surface area (Å²) in [4.78, 5) is 27.4. The third-order valence-corrected chi connectivity index (χ3v) is 12.0. The van der Waals surface area contributed by atoms with E-state index in [0.29, 0.717) is 32.0 Å². The molecule has 0 amide bonds. The van der Waals surface area contributed by atoms with E-state index in [0.717, 1.165) is 71.0 Å². The van der Waals surface area contributed by atoms with Crippen molar-refractivity contribution in [3.8, 4) is 0 Å². The summed E-state index contributed by atoms with van der Waals surface area (Å²) in [7, 11) is 0. The molecule has 0 atom stereocenters. The smallest absolute Gasteiger partial charge is 0.305 e. The Balaban J connectivity index is 4.23. The molecule has 56 heavy (non-hydrogen) atoms. The lowest BCUT2D eigenvalue weighted by atomic mass is 9.84. The molecule has 0 aliphatic heterocycles. The minimum atomic E-state index is -0.0239. The molecule has 0 rings (SSSR count). The van der Waals surface area contributed by atoms with Crippen LogP contribution in [0, 0.1) is 11.3 Å². The number of hydrogen-bond donors (Lipinski definition) is 1. The van der Waals surface area contributed by atoms with Crippen LogP contribution in [0.25, 0.3) is 0 Å². The first kappa shape index (κ1) is 54.9. The molecule has 0 fully saturated rings. The van der Waals surface area contributed by atoms with Crippen molar-refractivity contribution in [2.24, 2.45) is 11.3 Å². The minimum absolute atomic E-state index is 0.00854. The normalized spacial score (nSPS) is 11.9. The molecular formula is C50H99NO5. The van der Waals surface area contributed by atoms with Gasteiger partial charge in [0.1, 0.15) is 0 Å². The predicted molar refractivity (Wildman–Crippen MR) is 241 cm³/mol. The van der Waals surface area contributed by atoms with E-state index in [2.05, 4.69) is 39.5 Å². The number of carbonyl (C=O) groups excluding carboxylic acids is 2. The van der Waals surface area contributed by atoms with E-state index in [4.69, 9.17) is 9.47 Å². The maximum absolute atomic E-state index is 12.6. The second kappa shape index (κ2) is 42.0. The van der Waals surface area contributed by atoms with E-state index in [1.54, 1.807) is 0 Å². The average Bonchev–Trinajstić information content (AvgIpc) is 3.18. The van der Waals surface area contributed by atoms with Crippen molar-refractivity contribution in [1.82, 2.24) is 4.90 Å². The first-order valence-electron chi connectivity index (χ1n) is 24.9. The van der Waals surface area contributed by atoms with E-state index in [9.17, 15) is 14.7 Å². The molecule has 0 aromatic rings. The number of ether oxygens (including phenoxy) is 2. The highest BCUT2D eigenvalue weighted by molar-refractivity contribution is 5.69. The van der Waals surface area contributed by atoms with Crippen LogP contribution in [0.2, 0.25) is 0 Å². The maximum atomic E-state index is 12.6. The zero-order chi connectivity index (χ0) is 41.2. The molecule has 0 aromatic carbocycles. The summed E-state index contributed by atoms with van der Waals surface area (Å²) in [5.41, 5.74) is 0.176. The fourth-order valence-electron chi connectivity index (χ4n) is 7.92. The third-order valence-electron chi connectivity index (χ3n) is 12.0. The molecule has 0 aliphatic rings. The Labute approximate surface area is 350 Å². The second-order valence-electron chi connectivity index (χ2n) is 18.3. The van der Waals surface area contributed by atoms with E-state index in [-0.39, 0.29) is 24.0 Å². The molecule has 0 heterocycles. The summed E-state index contributed by atoms with van der Waals surface area (Å²) in [5, 5.41) is 9.33. The van der Waals surface area contributed by atoms with Crippen LogP contribution in [0.1, 0.15) is 259 Å². The number of aliphatic hydroxyl groups excluding tert-OH is 1. The van der Waals surface area contributed by atoms with E-state index < -0.39 is 0 Å². The van der Waals surface area contributed by atoms with E-state index in [1.165, 1.54) is 161 Å². The van der Waals surface area contributed by atoms with Crippen molar-refractivity contribution in [2.45, 2.75) is 259 Å². The molecule has 0 saturated heterocycles. The number of aliphatic hydroxyl groups is 1. The summed E-state index contributed by atoms with van der Waals surface area (Å²) in [6, 6.07) is 0. The number of esters is 2. The Bertz CT molecular complexity index is 816. The van der Waals surface area contributed by atoms with Crippen LogP contribution in [0.4, 0.5) is 0 Å². The van der Waals surface area contributed by atoms with Gasteiger partial charge in [0, 0.05) is 19.4 Å². The van der Waals surface area contributed by atoms with Crippen molar-refractivity contribution in [2.75, 3.05) is 39.5 Å². The van der Waals surface area contributed by atoms with Crippen molar-refractivity contribution in [3.05, 3.63) is 0 Å². The second-order valence-corrected chi connectivity index (χ2v) is 18.3. The van der Waals surface area contributed by atoms with E-state index >= 15 is 0 Å². The molecule has 1 N–H and O–H groups in total. The Morgan fingerprint density at radius 2 is 0.875 bits per heavy atom. The van der Waals surface area contributed by atoms with Gasteiger partial charge in [0.2, 0.25) is 0 Å².